The van der Waals surface area contributed by atoms with Gasteiger partial charge in [-0.3, -0.25) is 0 Å². The van der Waals surface area contributed by atoms with Gasteiger partial charge in [0.25, 0.3) is 0 Å². The second-order valence-corrected chi connectivity index (χ2v) is 5.06. The Bertz CT molecular complexity index is 1020. The number of rotatable bonds is 3. The van der Waals surface area contributed by atoms with Gasteiger partial charge in [-0.15, -0.1) is 0 Å². The molecule has 7 heteroatoms. The zero-order valence-electron chi connectivity index (χ0n) is 12.4. The summed E-state index contributed by atoms with van der Waals surface area (Å²) in [6, 6.07) is 14.7. The van der Waals surface area contributed by atoms with E-state index in [9.17, 15) is 4.79 Å². The number of aromatic nitrogens is 3. The number of aromatic amines is 1. The molecular weight excluding hydrogens is 308 g/mol. The number of para-hydroxylation sites is 1. The molecule has 2 aromatic carbocycles. The van der Waals surface area contributed by atoms with Crippen molar-refractivity contribution in [1.29, 1.82) is 0 Å². The number of nitrogens with two attached hydrogens (primary N) is 1. The summed E-state index contributed by atoms with van der Waals surface area (Å²) in [5.74, 6) is 1.30. The zero-order chi connectivity index (χ0) is 16.5. The van der Waals surface area contributed by atoms with Crippen LogP contribution in [0.5, 0.6) is 5.75 Å². The van der Waals surface area contributed by atoms with Crippen LogP contribution in [0.4, 0.5) is 4.79 Å². The third-order valence-corrected chi connectivity index (χ3v) is 3.45. The third kappa shape index (κ3) is 2.48. The summed E-state index contributed by atoms with van der Waals surface area (Å²) in [6.07, 6.45) is 0.633. The van der Waals surface area contributed by atoms with Crippen molar-refractivity contribution in [2.24, 2.45) is 5.73 Å². The number of hydrogen-bond acceptors (Lipinski definition) is 5. The lowest BCUT2D eigenvalue weighted by molar-refractivity contribution is 0.211. The fourth-order valence-electron chi connectivity index (χ4n) is 2.41. The summed E-state index contributed by atoms with van der Waals surface area (Å²) in [7, 11) is 0. The third-order valence-electron chi connectivity index (χ3n) is 3.45. The highest BCUT2D eigenvalue weighted by Crippen LogP contribution is 2.28. The van der Waals surface area contributed by atoms with Crippen molar-refractivity contribution < 1.29 is 13.9 Å². The van der Waals surface area contributed by atoms with Gasteiger partial charge in [-0.25, -0.2) is 14.8 Å². The highest BCUT2D eigenvalue weighted by molar-refractivity contribution is 5.86. The van der Waals surface area contributed by atoms with Crippen molar-refractivity contribution in [1.82, 2.24) is 15.0 Å². The molecule has 0 atom stereocenters. The molecule has 0 spiro atoms. The average molecular weight is 320 g/mol. The summed E-state index contributed by atoms with van der Waals surface area (Å²) in [5.41, 5.74) is 7.70. The lowest BCUT2D eigenvalue weighted by Crippen LogP contribution is -2.16. The van der Waals surface area contributed by atoms with Gasteiger partial charge in [0.1, 0.15) is 17.5 Å². The average Bonchev–Trinajstić information content (AvgIpc) is 3.22. The van der Waals surface area contributed by atoms with Gasteiger partial charge in [0, 0.05) is 5.56 Å². The van der Waals surface area contributed by atoms with Crippen LogP contribution in [0.1, 0.15) is 0 Å². The van der Waals surface area contributed by atoms with Crippen molar-refractivity contribution >= 4 is 17.1 Å². The first-order valence-electron chi connectivity index (χ1n) is 7.18. The number of benzene rings is 2. The van der Waals surface area contributed by atoms with Crippen LogP contribution in [0.25, 0.3) is 34.0 Å². The van der Waals surface area contributed by atoms with Crippen molar-refractivity contribution in [3.05, 3.63) is 54.8 Å². The molecule has 4 rings (SSSR count). The smallest absolute Gasteiger partial charge is 0.410 e. The number of ether oxygens (including phenoxy) is 1. The fraction of sp³-hybridized carbons (Fsp3) is 0. The van der Waals surface area contributed by atoms with E-state index in [1.165, 1.54) is 6.26 Å². The molecule has 0 saturated carbocycles. The molecule has 2 aromatic heterocycles. The number of H-pyrrole nitrogens is 1. The van der Waals surface area contributed by atoms with Crippen molar-refractivity contribution in [2.75, 3.05) is 0 Å². The van der Waals surface area contributed by atoms with Gasteiger partial charge in [-0.1, -0.05) is 24.3 Å². The van der Waals surface area contributed by atoms with Gasteiger partial charge in [-0.05, 0) is 24.3 Å². The molecule has 3 N–H and O–H groups in total. The fourth-order valence-corrected chi connectivity index (χ4v) is 2.41. The van der Waals surface area contributed by atoms with E-state index in [4.69, 9.17) is 14.9 Å². The minimum absolute atomic E-state index is 0.286. The van der Waals surface area contributed by atoms with E-state index < -0.39 is 6.09 Å². The van der Waals surface area contributed by atoms with Gasteiger partial charge in [0.05, 0.1) is 5.52 Å². The molecule has 0 aliphatic heterocycles. The number of nitrogens with zero attached hydrogens (tertiary/aromatic N) is 2. The quantitative estimate of drug-likeness (QED) is 0.602. The van der Waals surface area contributed by atoms with Crippen molar-refractivity contribution in [3.8, 4) is 28.7 Å². The predicted molar refractivity (Wildman–Crippen MR) is 87.2 cm³/mol. The molecule has 0 saturated heterocycles. The summed E-state index contributed by atoms with van der Waals surface area (Å²) < 4.78 is 10.5. The van der Waals surface area contributed by atoms with Crippen LogP contribution in [0.2, 0.25) is 0 Å². The van der Waals surface area contributed by atoms with E-state index >= 15 is 0 Å². The van der Waals surface area contributed by atoms with E-state index in [0.717, 1.165) is 5.56 Å². The Morgan fingerprint density at radius 3 is 2.71 bits per heavy atom. The predicted octanol–water partition coefficient (Wildman–Crippen LogP) is 3.34. The van der Waals surface area contributed by atoms with Gasteiger partial charge >= 0.3 is 6.09 Å². The number of nitrogens with one attached hydrogen (secondary N) is 1. The van der Waals surface area contributed by atoms with Crippen LogP contribution in [-0.4, -0.2) is 21.0 Å². The normalized spacial score (nSPS) is 10.8. The Morgan fingerprint density at radius 1 is 1.08 bits per heavy atom. The molecule has 0 aliphatic rings. The highest BCUT2D eigenvalue weighted by atomic mass is 16.5. The van der Waals surface area contributed by atoms with E-state index in [1.807, 2.05) is 36.4 Å². The first kappa shape index (κ1) is 14.0. The van der Waals surface area contributed by atoms with Crippen LogP contribution in [-0.2, 0) is 0 Å². The van der Waals surface area contributed by atoms with Gasteiger partial charge in [-0.2, -0.15) is 0 Å². The number of oxazole rings is 1. The Morgan fingerprint density at radius 2 is 1.92 bits per heavy atom. The first-order valence-corrected chi connectivity index (χ1v) is 7.18. The van der Waals surface area contributed by atoms with E-state index in [1.54, 1.807) is 12.1 Å². The molecule has 0 radical (unpaired) electrons. The first-order chi connectivity index (χ1) is 11.7. The molecule has 0 aliphatic carbocycles. The summed E-state index contributed by atoms with van der Waals surface area (Å²) in [4.78, 5) is 23.0. The van der Waals surface area contributed by atoms with Gasteiger partial charge in [0.15, 0.2) is 11.6 Å². The van der Waals surface area contributed by atoms with Crippen molar-refractivity contribution in [3.63, 3.8) is 0 Å². The molecule has 7 nitrogen and oxygen atoms in total. The molecule has 0 bridgehead atoms. The minimum Gasteiger partial charge on any atom is -0.444 e. The Labute approximate surface area is 136 Å². The molecule has 2 heterocycles. The standard InChI is InChI=1S/C17H12N4O3/c18-17(22)24-13-8-4-7-11-14(13)21-15(19-11)12-9-23-16(20-12)10-5-2-1-3-6-10/h1-9H,(H2,18,22)(H,19,21). The molecule has 4 aromatic rings. The summed E-state index contributed by atoms with van der Waals surface area (Å²) in [6.45, 7) is 0. The van der Waals surface area contributed by atoms with Crippen LogP contribution in [0, 0.1) is 0 Å². The summed E-state index contributed by atoms with van der Waals surface area (Å²) >= 11 is 0. The number of primary amides is 1. The maximum absolute atomic E-state index is 11.0. The van der Waals surface area contributed by atoms with Gasteiger partial charge < -0.3 is 19.9 Å². The van der Waals surface area contributed by atoms with Crippen LogP contribution >= 0.6 is 0 Å². The second kappa shape index (κ2) is 5.54. The highest BCUT2D eigenvalue weighted by Gasteiger charge is 2.15. The molecular formula is C17H12N4O3. The zero-order valence-corrected chi connectivity index (χ0v) is 12.4. The number of carbonyl (C=O) groups is 1. The summed E-state index contributed by atoms with van der Waals surface area (Å²) in [5, 5.41) is 0. The minimum atomic E-state index is -0.889. The second-order valence-electron chi connectivity index (χ2n) is 5.06. The Balaban J connectivity index is 1.75. The van der Waals surface area contributed by atoms with Gasteiger partial charge in [0.2, 0.25) is 5.89 Å². The molecule has 0 unspecified atom stereocenters. The number of fused-ring (bicyclic) bond motifs is 1. The largest absolute Gasteiger partial charge is 0.444 e. The Kier molecular flexibility index (Phi) is 3.24. The maximum atomic E-state index is 11.0. The maximum Gasteiger partial charge on any atom is 0.410 e. The Hall–Kier alpha value is -3.61. The molecule has 1 amide bonds. The number of carbonyl (C=O) groups excluding carboxylic acids is 1. The lowest BCUT2D eigenvalue weighted by atomic mass is 10.2. The number of hydrogen-bond donors (Lipinski definition) is 2. The van der Waals surface area contributed by atoms with Crippen LogP contribution in [0.15, 0.2) is 59.2 Å². The van der Waals surface area contributed by atoms with Crippen LogP contribution < -0.4 is 10.5 Å². The number of amides is 1. The van der Waals surface area contributed by atoms with Crippen LogP contribution in [0.3, 0.4) is 0 Å². The monoisotopic (exact) mass is 320 g/mol. The lowest BCUT2D eigenvalue weighted by Gasteiger charge is -1.99. The van der Waals surface area contributed by atoms with E-state index in [-0.39, 0.29) is 5.75 Å². The van der Waals surface area contributed by atoms with E-state index in [2.05, 4.69) is 15.0 Å². The SMILES string of the molecule is NC(=O)Oc1cccc2[nH]c(-c3coc(-c4ccccc4)n3)nc12. The molecule has 118 valence electrons. The van der Waals surface area contributed by atoms with Crippen molar-refractivity contribution in [2.45, 2.75) is 0 Å². The van der Waals surface area contributed by atoms with E-state index in [0.29, 0.717) is 28.4 Å². The molecule has 0 fully saturated rings. The molecule has 24 heavy (non-hydrogen) atoms. The number of imidazole rings is 1. The topological polar surface area (TPSA) is 107 Å².